The summed E-state index contributed by atoms with van der Waals surface area (Å²) >= 11 is 0. The number of Topliss-reactive ketones (excluding diaryl/α,β-unsaturated/α-hetero) is 1. The van der Waals surface area contributed by atoms with Crippen molar-refractivity contribution in [3.63, 3.8) is 0 Å². The van der Waals surface area contributed by atoms with Crippen molar-refractivity contribution in [1.29, 1.82) is 0 Å². The van der Waals surface area contributed by atoms with Gasteiger partial charge in [-0.05, 0) is 18.8 Å². The third kappa shape index (κ3) is 8.63. The van der Waals surface area contributed by atoms with E-state index in [1.165, 1.54) is 0 Å². The second kappa shape index (κ2) is 10.4. The SMILES string of the molecule is CCCCCCC(=O)C(=O)NN[C@@H](CC(C)C)C(N)=O. The van der Waals surface area contributed by atoms with Gasteiger partial charge in [-0.3, -0.25) is 19.8 Å². The maximum Gasteiger partial charge on any atom is 0.301 e. The number of nitrogens with two attached hydrogens (primary N) is 1. The zero-order valence-electron chi connectivity index (χ0n) is 12.7. The lowest BCUT2D eigenvalue weighted by molar-refractivity contribution is -0.139. The number of amides is 2. The molecule has 0 fully saturated rings. The van der Waals surface area contributed by atoms with Gasteiger partial charge in [0.1, 0.15) is 6.04 Å². The van der Waals surface area contributed by atoms with Crippen LogP contribution in [0.15, 0.2) is 0 Å². The highest BCUT2D eigenvalue weighted by Gasteiger charge is 2.19. The summed E-state index contributed by atoms with van der Waals surface area (Å²) in [6, 6.07) is -0.660. The standard InChI is InChI=1S/C14H27N3O3/c1-4-5-6-7-8-12(18)14(20)17-16-11(13(15)19)9-10(2)3/h10-11,16H,4-9H2,1-3H3,(H2,15,19)(H,17,20)/t11-/m0/s1. The average Bonchev–Trinajstić information content (AvgIpc) is 2.38. The highest BCUT2D eigenvalue weighted by Crippen LogP contribution is 2.04. The first-order chi connectivity index (χ1) is 9.38. The van der Waals surface area contributed by atoms with Gasteiger partial charge >= 0.3 is 5.91 Å². The van der Waals surface area contributed by atoms with Crippen LogP contribution in [0.4, 0.5) is 0 Å². The van der Waals surface area contributed by atoms with Crippen molar-refractivity contribution >= 4 is 17.6 Å². The number of unbranched alkanes of at least 4 members (excludes halogenated alkanes) is 3. The van der Waals surface area contributed by atoms with Crippen LogP contribution in [0.25, 0.3) is 0 Å². The molecule has 20 heavy (non-hydrogen) atoms. The summed E-state index contributed by atoms with van der Waals surface area (Å²) in [4.78, 5) is 34.3. The van der Waals surface area contributed by atoms with Crippen LogP contribution < -0.4 is 16.6 Å². The number of carbonyl (C=O) groups excluding carboxylic acids is 3. The molecule has 4 N–H and O–H groups in total. The van der Waals surface area contributed by atoms with E-state index in [9.17, 15) is 14.4 Å². The summed E-state index contributed by atoms with van der Waals surface area (Å²) in [5, 5.41) is 0. The van der Waals surface area contributed by atoms with E-state index in [1.807, 2.05) is 13.8 Å². The molecular formula is C14H27N3O3. The van der Waals surface area contributed by atoms with E-state index >= 15 is 0 Å². The first-order valence-corrected chi connectivity index (χ1v) is 7.26. The van der Waals surface area contributed by atoms with Crippen molar-refractivity contribution in [2.24, 2.45) is 11.7 Å². The molecule has 0 spiro atoms. The topological polar surface area (TPSA) is 101 Å². The first kappa shape index (κ1) is 18.6. The van der Waals surface area contributed by atoms with Crippen molar-refractivity contribution in [3.05, 3.63) is 0 Å². The quantitative estimate of drug-likeness (QED) is 0.300. The highest BCUT2D eigenvalue weighted by atomic mass is 16.2. The fourth-order valence-corrected chi connectivity index (χ4v) is 1.77. The molecule has 0 aliphatic carbocycles. The third-order valence-corrected chi connectivity index (χ3v) is 2.92. The van der Waals surface area contributed by atoms with Gasteiger partial charge < -0.3 is 5.73 Å². The summed E-state index contributed by atoms with van der Waals surface area (Å²) < 4.78 is 0. The number of ketones is 1. The Morgan fingerprint density at radius 1 is 1.10 bits per heavy atom. The lowest BCUT2D eigenvalue weighted by Crippen LogP contribution is -2.52. The van der Waals surface area contributed by atoms with Gasteiger partial charge in [-0.1, -0.05) is 40.0 Å². The molecule has 2 amide bonds. The van der Waals surface area contributed by atoms with E-state index in [-0.39, 0.29) is 12.3 Å². The Bertz CT molecular complexity index is 330. The smallest absolute Gasteiger partial charge is 0.301 e. The van der Waals surface area contributed by atoms with Gasteiger partial charge in [-0.25, -0.2) is 5.43 Å². The van der Waals surface area contributed by atoms with Crippen molar-refractivity contribution in [3.8, 4) is 0 Å². The molecule has 0 aromatic heterocycles. The van der Waals surface area contributed by atoms with Crippen LogP contribution >= 0.6 is 0 Å². The predicted octanol–water partition coefficient (Wildman–Crippen LogP) is 1.05. The van der Waals surface area contributed by atoms with Crippen molar-refractivity contribution in [1.82, 2.24) is 10.9 Å². The molecule has 0 heterocycles. The molecule has 0 aliphatic heterocycles. The van der Waals surface area contributed by atoms with Crippen LogP contribution in [0, 0.1) is 5.92 Å². The Kier molecular flexibility index (Phi) is 9.63. The van der Waals surface area contributed by atoms with Gasteiger partial charge in [0.2, 0.25) is 11.7 Å². The summed E-state index contributed by atoms with van der Waals surface area (Å²) in [6.07, 6.45) is 4.54. The van der Waals surface area contributed by atoms with Gasteiger partial charge in [0.15, 0.2) is 0 Å². The molecule has 0 saturated carbocycles. The molecule has 0 bridgehead atoms. The van der Waals surface area contributed by atoms with Crippen LogP contribution in [0.5, 0.6) is 0 Å². The first-order valence-electron chi connectivity index (χ1n) is 7.26. The van der Waals surface area contributed by atoms with E-state index in [1.54, 1.807) is 0 Å². The molecule has 0 aromatic carbocycles. The molecule has 116 valence electrons. The van der Waals surface area contributed by atoms with E-state index < -0.39 is 23.6 Å². The molecule has 6 nitrogen and oxygen atoms in total. The van der Waals surface area contributed by atoms with Gasteiger partial charge in [-0.15, -0.1) is 0 Å². The van der Waals surface area contributed by atoms with Gasteiger partial charge in [-0.2, -0.15) is 0 Å². The number of nitrogens with one attached hydrogen (secondary N) is 2. The largest absolute Gasteiger partial charge is 0.368 e. The fraction of sp³-hybridized carbons (Fsp3) is 0.786. The van der Waals surface area contributed by atoms with Gasteiger partial charge in [0, 0.05) is 6.42 Å². The Morgan fingerprint density at radius 3 is 2.25 bits per heavy atom. The summed E-state index contributed by atoms with van der Waals surface area (Å²) in [7, 11) is 0. The molecule has 0 radical (unpaired) electrons. The minimum Gasteiger partial charge on any atom is -0.368 e. The minimum absolute atomic E-state index is 0.235. The van der Waals surface area contributed by atoms with E-state index in [2.05, 4.69) is 17.8 Å². The van der Waals surface area contributed by atoms with E-state index in [4.69, 9.17) is 5.73 Å². The highest BCUT2D eigenvalue weighted by molar-refractivity contribution is 6.36. The van der Waals surface area contributed by atoms with Gasteiger partial charge in [0.25, 0.3) is 0 Å². The Hall–Kier alpha value is -1.43. The van der Waals surface area contributed by atoms with Crippen molar-refractivity contribution in [2.45, 2.75) is 65.3 Å². The van der Waals surface area contributed by atoms with E-state index in [0.29, 0.717) is 12.8 Å². The molecule has 0 aliphatic rings. The second-order valence-corrected chi connectivity index (χ2v) is 5.42. The Labute approximate surface area is 120 Å². The molecule has 0 aromatic rings. The van der Waals surface area contributed by atoms with Crippen LogP contribution in [0.3, 0.4) is 0 Å². The molecule has 1 atom stereocenters. The number of carbonyl (C=O) groups is 3. The van der Waals surface area contributed by atoms with E-state index in [0.717, 1.165) is 19.3 Å². The van der Waals surface area contributed by atoms with Crippen LogP contribution in [0.1, 0.15) is 59.3 Å². The Balaban J connectivity index is 4.05. The van der Waals surface area contributed by atoms with Crippen LogP contribution in [0.2, 0.25) is 0 Å². The van der Waals surface area contributed by atoms with Crippen molar-refractivity contribution in [2.75, 3.05) is 0 Å². The zero-order valence-corrected chi connectivity index (χ0v) is 12.7. The van der Waals surface area contributed by atoms with Crippen LogP contribution in [-0.4, -0.2) is 23.6 Å². The maximum atomic E-state index is 11.5. The molecule has 0 rings (SSSR count). The number of rotatable bonds is 11. The number of hydrazine groups is 1. The van der Waals surface area contributed by atoms with Crippen LogP contribution in [-0.2, 0) is 14.4 Å². The number of hydrogen-bond donors (Lipinski definition) is 3. The number of primary amides is 1. The molecule has 0 unspecified atom stereocenters. The normalized spacial score (nSPS) is 12.2. The monoisotopic (exact) mass is 285 g/mol. The predicted molar refractivity (Wildman–Crippen MR) is 77.5 cm³/mol. The fourth-order valence-electron chi connectivity index (χ4n) is 1.77. The zero-order chi connectivity index (χ0) is 15.5. The van der Waals surface area contributed by atoms with Gasteiger partial charge in [0.05, 0.1) is 0 Å². The third-order valence-electron chi connectivity index (χ3n) is 2.92. The average molecular weight is 285 g/mol. The lowest BCUT2D eigenvalue weighted by atomic mass is 10.0. The lowest BCUT2D eigenvalue weighted by Gasteiger charge is -2.17. The molecule has 0 saturated heterocycles. The minimum atomic E-state index is -0.712. The van der Waals surface area contributed by atoms with Crippen molar-refractivity contribution < 1.29 is 14.4 Å². The molecule has 6 heteroatoms. The second-order valence-electron chi connectivity index (χ2n) is 5.42. The summed E-state index contributed by atoms with van der Waals surface area (Å²) in [5.74, 6) is -1.48. The number of hydrogen-bond acceptors (Lipinski definition) is 4. The summed E-state index contributed by atoms with van der Waals surface area (Å²) in [6.45, 7) is 5.97. The summed E-state index contributed by atoms with van der Waals surface area (Å²) in [5.41, 5.74) is 10.0. The molecular weight excluding hydrogens is 258 g/mol. The Morgan fingerprint density at radius 2 is 1.75 bits per heavy atom. The maximum absolute atomic E-state index is 11.5.